The summed E-state index contributed by atoms with van der Waals surface area (Å²) >= 11 is 0. The average molecular weight is 256 g/mol. The Kier molecular flexibility index (Phi) is 3.07. The van der Waals surface area contributed by atoms with Gasteiger partial charge in [-0.2, -0.15) is 0 Å². The third kappa shape index (κ3) is 2.26. The number of nitrogens with zero attached hydrogens (tertiary/aromatic N) is 1. The molecule has 3 nitrogen and oxygen atoms in total. The van der Waals surface area contributed by atoms with Crippen molar-refractivity contribution in [2.45, 2.75) is 32.9 Å². The lowest BCUT2D eigenvalue weighted by atomic mass is 9.97. The molecule has 1 aliphatic rings. The zero-order chi connectivity index (χ0) is 13.4. The molecule has 19 heavy (non-hydrogen) atoms. The largest absolute Gasteiger partial charge is 0.465 e. The van der Waals surface area contributed by atoms with Crippen LogP contribution in [0.1, 0.15) is 35.6 Å². The monoisotopic (exact) mass is 256 g/mol. The molecule has 0 spiro atoms. The van der Waals surface area contributed by atoms with E-state index in [0.717, 1.165) is 36.7 Å². The Bertz CT molecular complexity index is 588. The van der Waals surface area contributed by atoms with Crippen molar-refractivity contribution in [3.05, 3.63) is 53.0 Å². The van der Waals surface area contributed by atoms with E-state index in [2.05, 4.69) is 24.0 Å². The van der Waals surface area contributed by atoms with Crippen molar-refractivity contribution in [1.82, 2.24) is 4.90 Å². The van der Waals surface area contributed by atoms with Crippen LogP contribution in [0.3, 0.4) is 0 Å². The van der Waals surface area contributed by atoms with Gasteiger partial charge in [-0.15, -0.1) is 0 Å². The number of fused-ring (bicyclic) bond motifs is 1. The first-order valence-corrected chi connectivity index (χ1v) is 6.82. The number of benzene rings is 1. The van der Waals surface area contributed by atoms with E-state index in [1.807, 2.05) is 25.1 Å². The first-order valence-electron chi connectivity index (χ1n) is 6.82. The highest BCUT2D eigenvalue weighted by Gasteiger charge is 2.24. The van der Waals surface area contributed by atoms with Crippen molar-refractivity contribution >= 4 is 5.69 Å². The fourth-order valence-electron chi connectivity index (χ4n) is 2.82. The Labute approximate surface area is 114 Å². The van der Waals surface area contributed by atoms with Gasteiger partial charge in [0.05, 0.1) is 6.04 Å². The van der Waals surface area contributed by atoms with Gasteiger partial charge in [0.15, 0.2) is 0 Å². The van der Waals surface area contributed by atoms with Crippen LogP contribution in [0.15, 0.2) is 34.7 Å². The first kappa shape index (κ1) is 12.3. The number of nitrogens with two attached hydrogens (primary N) is 1. The predicted octanol–water partition coefficient (Wildman–Crippen LogP) is 3.29. The Morgan fingerprint density at radius 1 is 1.26 bits per heavy atom. The summed E-state index contributed by atoms with van der Waals surface area (Å²) in [6.45, 7) is 6.14. The van der Waals surface area contributed by atoms with Gasteiger partial charge in [0.25, 0.3) is 0 Å². The molecule has 0 saturated carbocycles. The van der Waals surface area contributed by atoms with E-state index in [-0.39, 0.29) is 0 Å². The van der Waals surface area contributed by atoms with Gasteiger partial charge in [-0.1, -0.05) is 12.1 Å². The zero-order valence-corrected chi connectivity index (χ0v) is 11.5. The van der Waals surface area contributed by atoms with Crippen LogP contribution in [-0.4, -0.2) is 11.4 Å². The predicted molar refractivity (Wildman–Crippen MR) is 76.8 cm³/mol. The molecule has 3 heteroatoms. The summed E-state index contributed by atoms with van der Waals surface area (Å²) in [6, 6.07) is 10.6. The minimum absolute atomic E-state index is 0.293. The summed E-state index contributed by atoms with van der Waals surface area (Å²) in [4.78, 5) is 2.43. The minimum Gasteiger partial charge on any atom is -0.465 e. The number of hydrogen-bond acceptors (Lipinski definition) is 3. The third-order valence-corrected chi connectivity index (χ3v) is 4.06. The molecule has 0 radical (unpaired) electrons. The number of anilines is 1. The van der Waals surface area contributed by atoms with Crippen LogP contribution in [-0.2, 0) is 13.0 Å². The van der Waals surface area contributed by atoms with Crippen LogP contribution in [0.5, 0.6) is 0 Å². The maximum atomic E-state index is 6.10. The second kappa shape index (κ2) is 4.74. The summed E-state index contributed by atoms with van der Waals surface area (Å²) in [5, 5.41) is 0. The molecule has 1 unspecified atom stereocenters. The van der Waals surface area contributed by atoms with E-state index in [4.69, 9.17) is 10.2 Å². The van der Waals surface area contributed by atoms with E-state index in [9.17, 15) is 0 Å². The van der Waals surface area contributed by atoms with Crippen molar-refractivity contribution < 1.29 is 4.42 Å². The summed E-state index contributed by atoms with van der Waals surface area (Å²) in [5.74, 6) is 2.01. The molecule has 2 heterocycles. The normalized spacial score (nSPS) is 17.2. The zero-order valence-electron chi connectivity index (χ0n) is 11.5. The molecule has 0 fully saturated rings. The SMILES string of the molecule is Cc1ccc(C(C)N2CCc3cccc(N)c3C2)o1. The van der Waals surface area contributed by atoms with Gasteiger partial charge in [-0.05, 0) is 49.6 Å². The van der Waals surface area contributed by atoms with Crippen LogP contribution in [0.2, 0.25) is 0 Å². The van der Waals surface area contributed by atoms with Crippen LogP contribution >= 0.6 is 0 Å². The van der Waals surface area contributed by atoms with E-state index in [1.54, 1.807) is 0 Å². The van der Waals surface area contributed by atoms with Crippen LogP contribution in [0, 0.1) is 6.92 Å². The van der Waals surface area contributed by atoms with E-state index >= 15 is 0 Å². The quantitative estimate of drug-likeness (QED) is 0.838. The third-order valence-electron chi connectivity index (χ3n) is 4.06. The van der Waals surface area contributed by atoms with E-state index in [1.165, 1.54) is 11.1 Å². The molecule has 1 atom stereocenters. The first-order chi connectivity index (χ1) is 9.15. The number of rotatable bonds is 2. The highest BCUT2D eigenvalue weighted by atomic mass is 16.3. The number of aryl methyl sites for hydroxylation is 1. The van der Waals surface area contributed by atoms with Crippen molar-refractivity contribution in [3.63, 3.8) is 0 Å². The maximum absolute atomic E-state index is 6.10. The van der Waals surface area contributed by atoms with Gasteiger partial charge in [0.1, 0.15) is 11.5 Å². The number of nitrogen functional groups attached to an aromatic ring is 1. The number of furan rings is 1. The number of hydrogen-bond donors (Lipinski definition) is 1. The Morgan fingerprint density at radius 2 is 2.11 bits per heavy atom. The van der Waals surface area contributed by atoms with Crippen molar-refractivity contribution in [1.29, 1.82) is 0 Å². The van der Waals surface area contributed by atoms with Crippen LogP contribution in [0.25, 0.3) is 0 Å². The van der Waals surface area contributed by atoms with Gasteiger partial charge >= 0.3 is 0 Å². The lowest BCUT2D eigenvalue weighted by Crippen LogP contribution is -2.33. The smallest absolute Gasteiger partial charge is 0.121 e. The topological polar surface area (TPSA) is 42.4 Å². The highest BCUT2D eigenvalue weighted by molar-refractivity contribution is 5.51. The summed E-state index contributed by atoms with van der Waals surface area (Å²) in [7, 11) is 0. The molecule has 2 N–H and O–H groups in total. The van der Waals surface area contributed by atoms with Crippen molar-refractivity contribution in [3.8, 4) is 0 Å². The lowest BCUT2D eigenvalue weighted by Gasteiger charge is -2.33. The van der Waals surface area contributed by atoms with Gasteiger partial charge in [-0.3, -0.25) is 4.90 Å². The molecule has 1 aromatic heterocycles. The van der Waals surface area contributed by atoms with Crippen LogP contribution < -0.4 is 5.73 Å². The molecular weight excluding hydrogens is 236 g/mol. The maximum Gasteiger partial charge on any atom is 0.121 e. The standard InChI is InChI=1S/C16H20N2O/c1-11-6-7-16(19-11)12(2)18-9-8-13-4-3-5-15(17)14(13)10-18/h3-7,12H,8-10,17H2,1-2H3. The van der Waals surface area contributed by atoms with Gasteiger partial charge in [0.2, 0.25) is 0 Å². The molecule has 0 bridgehead atoms. The Hall–Kier alpha value is -1.74. The second-order valence-electron chi connectivity index (χ2n) is 5.33. The summed E-state index contributed by atoms with van der Waals surface area (Å²) in [5.41, 5.74) is 9.67. The van der Waals surface area contributed by atoms with Gasteiger partial charge in [0, 0.05) is 18.8 Å². The van der Waals surface area contributed by atoms with Crippen molar-refractivity contribution in [2.24, 2.45) is 0 Å². The van der Waals surface area contributed by atoms with Crippen molar-refractivity contribution in [2.75, 3.05) is 12.3 Å². The molecule has 100 valence electrons. The minimum atomic E-state index is 0.293. The molecule has 0 amide bonds. The second-order valence-corrected chi connectivity index (χ2v) is 5.33. The Morgan fingerprint density at radius 3 is 2.84 bits per heavy atom. The average Bonchev–Trinajstić information content (AvgIpc) is 2.85. The molecule has 0 saturated heterocycles. The molecule has 1 aromatic carbocycles. The molecule has 3 rings (SSSR count). The highest BCUT2D eigenvalue weighted by Crippen LogP contribution is 2.30. The van der Waals surface area contributed by atoms with Gasteiger partial charge in [-0.25, -0.2) is 0 Å². The molecule has 2 aromatic rings. The van der Waals surface area contributed by atoms with Gasteiger partial charge < -0.3 is 10.2 Å². The fraction of sp³-hybridized carbons (Fsp3) is 0.375. The lowest BCUT2D eigenvalue weighted by molar-refractivity contribution is 0.170. The summed E-state index contributed by atoms with van der Waals surface area (Å²) in [6.07, 6.45) is 1.06. The Balaban J connectivity index is 1.83. The van der Waals surface area contributed by atoms with Crippen LogP contribution in [0.4, 0.5) is 5.69 Å². The van der Waals surface area contributed by atoms with E-state index in [0.29, 0.717) is 6.04 Å². The molecule has 0 aliphatic carbocycles. The van der Waals surface area contributed by atoms with E-state index < -0.39 is 0 Å². The fourth-order valence-corrected chi connectivity index (χ4v) is 2.82. The summed E-state index contributed by atoms with van der Waals surface area (Å²) < 4.78 is 5.74. The molecular formula is C16H20N2O. The molecule has 1 aliphatic heterocycles.